The van der Waals surface area contributed by atoms with Crippen LogP contribution in [0.3, 0.4) is 0 Å². The van der Waals surface area contributed by atoms with Crippen LogP contribution < -0.4 is 5.32 Å². The van der Waals surface area contributed by atoms with Gasteiger partial charge in [0.05, 0.1) is 16.0 Å². The van der Waals surface area contributed by atoms with Gasteiger partial charge in [0.2, 0.25) is 0 Å². The molecular formula is C18H23NOS. The Morgan fingerprint density at radius 1 is 1.10 bits per heavy atom. The van der Waals surface area contributed by atoms with Crippen LogP contribution in [0.4, 0.5) is 0 Å². The van der Waals surface area contributed by atoms with E-state index < -0.39 is 10.8 Å². The quantitative estimate of drug-likeness (QED) is 0.936. The number of hydrogen-bond acceptors (Lipinski definition) is 2. The maximum Gasteiger partial charge on any atom is 0.0576 e. The summed E-state index contributed by atoms with van der Waals surface area (Å²) in [6, 6.07) is 14.8. The van der Waals surface area contributed by atoms with Gasteiger partial charge in [0.25, 0.3) is 0 Å². The second-order valence-corrected chi connectivity index (χ2v) is 7.83. The minimum atomic E-state index is -0.939. The van der Waals surface area contributed by atoms with Crippen LogP contribution in [-0.4, -0.2) is 22.5 Å². The molecule has 1 aliphatic carbocycles. The van der Waals surface area contributed by atoms with Crippen molar-refractivity contribution in [2.45, 2.75) is 42.4 Å². The first-order valence-corrected chi connectivity index (χ1v) is 8.97. The third-order valence-corrected chi connectivity index (χ3v) is 6.44. The summed E-state index contributed by atoms with van der Waals surface area (Å²) in [7, 11) is 1.05. The van der Waals surface area contributed by atoms with Crippen molar-refractivity contribution in [1.29, 1.82) is 0 Å². The molecule has 4 atom stereocenters. The van der Waals surface area contributed by atoms with Gasteiger partial charge in [-0.1, -0.05) is 37.3 Å². The van der Waals surface area contributed by atoms with Gasteiger partial charge in [0.15, 0.2) is 0 Å². The zero-order valence-electron chi connectivity index (χ0n) is 12.7. The average Bonchev–Trinajstić information content (AvgIpc) is 2.53. The minimum Gasteiger partial charge on any atom is -0.316 e. The van der Waals surface area contributed by atoms with E-state index in [9.17, 15) is 4.21 Å². The van der Waals surface area contributed by atoms with Gasteiger partial charge in [-0.25, -0.2) is 0 Å². The fourth-order valence-corrected chi connectivity index (χ4v) is 5.23. The number of rotatable bonds is 3. The number of benzene rings is 2. The summed E-state index contributed by atoms with van der Waals surface area (Å²) in [5.41, 5.74) is 0. The van der Waals surface area contributed by atoms with Crippen molar-refractivity contribution in [2.24, 2.45) is 5.92 Å². The van der Waals surface area contributed by atoms with Crippen molar-refractivity contribution in [1.82, 2.24) is 5.32 Å². The van der Waals surface area contributed by atoms with Gasteiger partial charge in [-0.2, -0.15) is 0 Å². The van der Waals surface area contributed by atoms with E-state index in [0.717, 1.165) is 17.7 Å². The molecule has 2 aromatic rings. The summed E-state index contributed by atoms with van der Waals surface area (Å²) in [5.74, 6) is 0.670. The zero-order chi connectivity index (χ0) is 14.8. The predicted octanol–water partition coefficient (Wildman–Crippen LogP) is 3.72. The lowest BCUT2D eigenvalue weighted by Gasteiger charge is -2.34. The molecule has 21 heavy (non-hydrogen) atoms. The highest BCUT2D eigenvalue weighted by atomic mass is 32.2. The molecule has 0 bridgehead atoms. The van der Waals surface area contributed by atoms with Crippen LogP contribution in [0, 0.1) is 5.92 Å². The molecule has 2 aromatic carbocycles. The smallest absolute Gasteiger partial charge is 0.0576 e. The summed E-state index contributed by atoms with van der Waals surface area (Å²) in [5, 5.41) is 5.97. The summed E-state index contributed by atoms with van der Waals surface area (Å²) in [6.45, 7) is 2.27. The molecule has 1 saturated carbocycles. The van der Waals surface area contributed by atoms with E-state index in [4.69, 9.17) is 0 Å². The molecule has 1 N–H and O–H groups in total. The fraction of sp³-hybridized carbons (Fsp3) is 0.444. The number of fused-ring (bicyclic) bond motifs is 1. The Bertz CT molecular complexity index is 654. The van der Waals surface area contributed by atoms with Crippen LogP contribution in [0.2, 0.25) is 0 Å². The molecule has 2 nitrogen and oxygen atoms in total. The summed E-state index contributed by atoms with van der Waals surface area (Å²) in [6.07, 6.45) is 3.41. The van der Waals surface area contributed by atoms with Gasteiger partial charge in [-0.15, -0.1) is 0 Å². The van der Waals surface area contributed by atoms with Gasteiger partial charge >= 0.3 is 0 Å². The van der Waals surface area contributed by atoms with Crippen LogP contribution in [-0.2, 0) is 10.8 Å². The van der Waals surface area contributed by atoms with E-state index in [0.29, 0.717) is 12.0 Å². The lowest BCUT2D eigenvalue weighted by molar-refractivity contribution is 0.325. The van der Waals surface area contributed by atoms with Crippen LogP contribution in [0.5, 0.6) is 0 Å². The van der Waals surface area contributed by atoms with Crippen molar-refractivity contribution in [3.05, 3.63) is 42.5 Å². The summed E-state index contributed by atoms with van der Waals surface area (Å²) < 4.78 is 13.0. The molecule has 0 amide bonds. The van der Waals surface area contributed by atoms with Gasteiger partial charge in [0.1, 0.15) is 0 Å². The van der Waals surface area contributed by atoms with Crippen molar-refractivity contribution in [3.63, 3.8) is 0 Å². The van der Waals surface area contributed by atoms with E-state index in [1.165, 1.54) is 17.2 Å². The van der Waals surface area contributed by atoms with Gasteiger partial charge < -0.3 is 5.32 Å². The maximum atomic E-state index is 13.0. The number of nitrogens with one attached hydrogen (secondary N) is 1. The molecule has 3 rings (SSSR count). The Kier molecular flexibility index (Phi) is 4.41. The van der Waals surface area contributed by atoms with E-state index in [-0.39, 0.29) is 5.25 Å². The maximum absolute atomic E-state index is 13.0. The monoisotopic (exact) mass is 301 g/mol. The predicted molar refractivity (Wildman–Crippen MR) is 90.0 cm³/mol. The zero-order valence-corrected chi connectivity index (χ0v) is 13.5. The molecule has 0 aromatic heterocycles. The second-order valence-electron chi connectivity index (χ2n) is 6.16. The Labute approximate surface area is 129 Å². The molecule has 3 heteroatoms. The Morgan fingerprint density at radius 3 is 2.62 bits per heavy atom. The van der Waals surface area contributed by atoms with Gasteiger partial charge in [-0.3, -0.25) is 4.21 Å². The van der Waals surface area contributed by atoms with Crippen molar-refractivity contribution < 1.29 is 4.21 Å². The molecule has 0 spiro atoms. The van der Waals surface area contributed by atoms with E-state index in [2.05, 4.69) is 36.5 Å². The Balaban J connectivity index is 1.91. The van der Waals surface area contributed by atoms with Crippen LogP contribution in [0.1, 0.15) is 26.2 Å². The molecule has 0 saturated heterocycles. The molecule has 1 aliphatic rings. The normalized spacial score (nSPS) is 27.6. The molecular weight excluding hydrogens is 278 g/mol. The third-order valence-electron chi connectivity index (χ3n) is 4.65. The first-order chi connectivity index (χ1) is 10.2. The van der Waals surface area contributed by atoms with Crippen LogP contribution in [0.25, 0.3) is 10.8 Å². The molecule has 0 heterocycles. The van der Waals surface area contributed by atoms with E-state index in [1.807, 2.05) is 25.2 Å². The molecule has 4 unspecified atom stereocenters. The van der Waals surface area contributed by atoms with Crippen molar-refractivity contribution >= 4 is 21.6 Å². The molecule has 0 aliphatic heterocycles. The molecule has 112 valence electrons. The fourth-order valence-electron chi connectivity index (χ4n) is 3.36. The Morgan fingerprint density at radius 2 is 1.86 bits per heavy atom. The third kappa shape index (κ3) is 3.04. The van der Waals surface area contributed by atoms with Gasteiger partial charge in [-0.05, 0) is 55.1 Å². The van der Waals surface area contributed by atoms with E-state index in [1.54, 1.807) is 0 Å². The lowest BCUT2D eigenvalue weighted by Crippen LogP contribution is -2.44. The van der Waals surface area contributed by atoms with Crippen molar-refractivity contribution in [2.75, 3.05) is 7.05 Å². The van der Waals surface area contributed by atoms with Crippen LogP contribution >= 0.6 is 0 Å². The average molecular weight is 301 g/mol. The second kappa shape index (κ2) is 6.29. The first-order valence-electron chi connectivity index (χ1n) is 7.75. The minimum absolute atomic E-state index is 0.222. The summed E-state index contributed by atoms with van der Waals surface area (Å²) >= 11 is 0. The van der Waals surface area contributed by atoms with Crippen LogP contribution in [0.15, 0.2) is 47.4 Å². The van der Waals surface area contributed by atoms with Crippen molar-refractivity contribution in [3.8, 4) is 0 Å². The number of hydrogen-bond donors (Lipinski definition) is 1. The highest BCUT2D eigenvalue weighted by Crippen LogP contribution is 2.31. The first kappa shape index (κ1) is 14.7. The topological polar surface area (TPSA) is 29.1 Å². The van der Waals surface area contributed by atoms with Gasteiger partial charge in [0, 0.05) is 10.9 Å². The highest BCUT2D eigenvalue weighted by Gasteiger charge is 2.32. The SMILES string of the molecule is CNC1CCC(C)CC1S(=O)c1ccc2ccccc2c1. The standard InChI is InChI=1S/C18H23NOS/c1-13-7-10-17(19-2)18(11-13)21(20)16-9-8-14-5-3-4-6-15(14)12-16/h3-6,8-9,12-13,17-19H,7,10-11H2,1-2H3. The molecule has 0 radical (unpaired) electrons. The summed E-state index contributed by atoms with van der Waals surface area (Å²) in [4.78, 5) is 0.966. The highest BCUT2D eigenvalue weighted by molar-refractivity contribution is 7.85. The van der Waals surface area contributed by atoms with E-state index >= 15 is 0 Å². The molecule has 1 fully saturated rings. The largest absolute Gasteiger partial charge is 0.316 e. The lowest BCUT2D eigenvalue weighted by atomic mass is 9.87. The Hall–Kier alpha value is -1.19.